The van der Waals surface area contributed by atoms with E-state index < -0.39 is 0 Å². The molecule has 8 N–H and O–H groups in total. The van der Waals surface area contributed by atoms with Crippen molar-refractivity contribution in [3.8, 4) is 6.19 Å². The summed E-state index contributed by atoms with van der Waals surface area (Å²) in [5.74, 6) is 2.06. The van der Waals surface area contributed by atoms with Crippen LogP contribution in [0.4, 0.5) is 5.13 Å². The van der Waals surface area contributed by atoms with Gasteiger partial charge in [0.05, 0.1) is 5.75 Å². The van der Waals surface area contributed by atoms with E-state index in [2.05, 4.69) is 19.7 Å². The number of guanidine groups is 2. The van der Waals surface area contributed by atoms with E-state index in [-0.39, 0.29) is 11.9 Å². The summed E-state index contributed by atoms with van der Waals surface area (Å²) < 4.78 is 4.16. The van der Waals surface area contributed by atoms with Crippen LogP contribution in [0.5, 0.6) is 0 Å². The lowest BCUT2D eigenvalue weighted by atomic mass is 10.5. The van der Waals surface area contributed by atoms with E-state index in [9.17, 15) is 0 Å². The number of nitrogens with one attached hydrogen (secondary N) is 2. The van der Waals surface area contributed by atoms with Crippen LogP contribution in [0.3, 0.4) is 0 Å². The molecule has 0 radical (unpaired) electrons. The van der Waals surface area contributed by atoms with Gasteiger partial charge in [-0.05, 0) is 0 Å². The molecule has 0 unspecified atom stereocenters. The van der Waals surface area contributed by atoms with Crippen molar-refractivity contribution in [3.63, 3.8) is 0 Å². The Labute approximate surface area is 136 Å². The maximum atomic E-state index is 8.51. The molecule has 0 aliphatic rings. The van der Waals surface area contributed by atoms with Gasteiger partial charge in [0.15, 0.2) is 11.8 Å². The van der Waals surface area contributed by atoms with Gasteiger partial charge in [0.25, 0.3) is 0 Å². The van der Waals surface area contributed by atoms with Crippen molar-refractivity contribution in [3.05, 3.63) is 5.82 Å². The molecule has 0 aromatic carbocycles. The van der Waals surface area contributed by atoms with Crippen LogP contribution in [0.2, 0.25) is 0 Å². The van der Waals surface area contributed by atoms with Crippen LogP contribution in [-0.2, 0) is 5.75 Å². The van der Waals surface area contributed by atoms with Crippen LogP contribution in [0.1, 0.15) is 5.82 Å². The number of aliphatic imine (C=N–C) groups is 1. The second-order valence-corrected chi connectivity index (χ2v) is 5.81. The lowest BCUT2D eigenvalue weighted by Gasteiger charge is -2.21. The molecule has 1 rings (SSSR count). The zero-order chi connectivity index (χ0) is 16.4. The number of nitriles is 1. The largest absolute Gasteiger partial charge is 0.370 e. The van der Waals surface area contributed by atoms with Gasteiger partial charge in [0, 0.05) is 36.9 Å². The number of nitrogens with two attached hydrogens (primary N) is 3. The highest BCUT2D eigenvalue weighted by atomic mass is 32.2. The Kier molecular flexibility index (Phi) is 7.97. The second kappa shape index (κ2) is 9.77. The normalized spacial score (nSPS) is 11.0. The first-order valence-electron chi connectivity index (χ1n) is 6.25. The van der Waals surface area contributed by atoms with Gasteiger partial charge in [0.2, 0.25) is 17.3 Å². The summed E-state index contributed by atoms with van der Waals surface area (Å²) in [6, 6.07) is 0. The van der Waals surface area contributed by atoms with Gasteiger partial charge in [-0.25, -0.2) is 4.98 Å². The molecule has 1 aromatic heterocycles. The van der Waals surface area contributed by atoms with Crippen molar-refractivity contribution in [2.75, 3.05) is 30.7 Å². The van der Waals surface area contributed by atoms with Crippen LogP contribution in [0, 0.1) is 16.9 Å². The maximum Gasteiger partial charge on any atom is 0.209 e. The quantitative estimate of drug-likeness (QED) is 0.174. The monoisotopic (exact) mass is 342 g/mol. The Morgan fingerprint density at radius 1 is 1.50 bits per heavy atom. The highest BCUT2D eigenvalue weighted by molar-refractivity contribution is 7.98. The van der Waals surface area contributed by atoms with E-state index in [4.69, 9.17) is 27.9 Å². The Balaban J connectivity index is 2.36. The third-order valence-corrected chi connectivity index (χ3v) is 3.94. The number of anilines is 1. The Bertz CT molecular complexity index is 548. The van der Waals surface area contributed by atoms with Crippen molar-refractivity contribution >= 4 is 40.3 Å². The van der Waals surface area contributed by atoms with Gasteiger partial charge >= 0.3 is 0 Å². The predicted octanol–water partition coefficient (Wildman–Crippen LogP) is -0.867. The first-order valence-corrected chi connectivity index (χ1v) is 8.18. The van der Waals surface area contributed by atoms with Crippen molar-refractivity contribution < 1.29 is 0 Å². The smallest absolute Gasteiger partial charge is 0.209 e. The fourth-order valence-corrected chi connectivity index (χ4v) is 2.92. The first-order chi connectivity index (χ1) is 10.6. The van der Waals surface area contributed by atoms with Gasteiger partial charge in [-0.2, -0.15) is 21.4 Å². The summed E-state index contributed by atoms with van der Waals surface area (Å²) in [5, 5.41) is 18.7. The molecule has 0 saturated heterocycles. The van der Waals surface area contributed by atoms with Crippen molar-refractivity contribution in [2.45, 2.75) is 5.75 Å². The van der Waals surface area contributed by atoms with Crippen molar-refractivity contribution in [1.82, 2.24) is 14.3 Å². The SMILES string of the molecule is N#CN=C(N)N(CCN)CCSCc1nsc(NC(=N)N)n1. The second-order valence-electron chi connectivity index (χ2n) is 3.95. The summed E-state index contributed by atoms with van der Waals surface area (Å²) >= 11 is 2.77. The number of nitrogens with zero attached hydrogens (tertiary/aromatic N) is 5. The third-order valence-electron chi connectivity index (χ3n) is 2.33. The number of hydrogen-bond donors (Lipinski definition) is 5. The van der Waals surface area contributed by atoms with Crippen LogP contribution in [0.15, 0.2) is 4.99 Å². The molecule has 120 valence electrons. The summed E-state index contributed by atoms with van der Waals surface area (Å²) in [4.78, 5) is 9.46. The van der Waals surface area contributed by atoms with Gasteiger partial charge in [-0.1, -0.05) is 0 Å². The van der Waals surface area contributed by atoms with E-state index in [1.165, 1.54) is 0 Å². The minimum atomic E-state index is -0.167. The first kappa shape index (κ1) is 18.0. The highest BCUT2D eigenvalue weighted by Gasteiger charge is 2.08. The molecule has 0 aliphatic carbocycles. The van der Waals surface area contributed by atoms with E-state index in [1.807, 2.05) is 0 Å². The van der Waals surface area contributed by atoms with Gasteiger partial charge in [-0.3, -0.25) is 5.41 Å². The molecule has 0 spiro atoms. The van der Waals surface area contributed by atoms with E-state index in [0.717, 1.165) is 17.3 Å². The van der Waals surface area contributed by atoms with E-state index >= 15 is 0 Å². The lowest BCUT2D eigenvalue weighted by molar-refractivity contribution is 0.450. The number of thioether (sulfide) groups is 1. The maximum absolute atomic E-state index is 8.51. The number of aromatic nitrogens is 2. The molecule has 0 amide bonds. The summed E-state index contributed by atoms with van der Waals surface area (Å²) in [6.45, 7) is 1.60. The molecule has 1 aromatic rings. The zero-order valence-electron chi connectivity index (χ0n) is 11.8. The lowest BCUT2D eigenvalue weighted by Crippen LogP contribution is -2.41. The van der Waals surface area contributed by atoms with Crippen LogP contribution < -0.4 is 22.5 Å². The fraction of sp³-hybridized carbons (Fsp3) is 0.500. The number of hydrogen-bond acceptors (Lipinski definition) is 8. The summed E-state index contributed by atoms with van der Waals surface area (Å²) in [7, 11) is 0. The average molecular weight is 342 g/mol. The minimum absolute atomic E-state index is 0.167. The molecule has 0 atom stereocenters. The van der Waals surface area contributed by atoms with E-state index in [0.29, 0.717) is 36.3 Å². The minimum Gasteiger partial charge on any atom is -0.370 e. The Morgan fingerprint density at radius 3 is 2.91 bits per heavy atom. The molecule has 0 bridgehead atoms. The average Bonchev–Trinajstić information content (AvgIpc) is 2.89. The van der Waals surface area contributed by atoms with Crippen molar-refractivity contribution in [1.29, 1.82) is 10.7 Å². The molecular weight excluding hydrogens is 324 g/mol. The molecule has 0 saturated carbocycles. The molecule has 12 heteroatoms. The summed E-state index contributed by atoms with van der Waals surface area (Å²) in [6.07, 6.45) is 1.66. The van der Waals surface area contributed by atoms with Gasteiger partial charge in [-0.15, -0.1) is 4.99 Å². The predicted molar refractivity (Wildman–Crippen MR) is 89.5 cm³/mol. The topological polar surface area (TPSA) is 179 Å². The highest BCUT2D eigenvalue weighted by Crippen LogP contribution is 2.15. The molecule has 22 heavy (non-hydrogen) atoms. The molecule has 10 nitrogen and oxygen atoms in total. The van der Waals surface area contributed by atoms with Gasteiger partial charge in [0.1, 0.15) is 0 Å². The molecule has 1 heterocycles. The van der Waals surface area contributed by atoms with Crippen LogP contribution in [-0.4, -0.2) is 51.6 Å². The van der Waals surface area contributed by atoms with Crippen molar-refractivity contribution in [2.24, 2.45) is 22.2 Å². The third kappa shape index (κ3) is 6.57. The van der Waals surface area contributed by atoms with Crippen LogP contribution >= 0.6 is 23.3 Å². The van der Waals surface area contributed by atoms with Crippen LogP contribution in [0.25, 0.3) is 0 Å². The molecule has 0 fully saturated rings. The fourth-order valence-electron chi connectivity index (χ4n) is 1.44. The van der Waals surface area contributed by atoms with Gasteiger partial charge < -0.3 is 27.4 Å². The number of rotatable bonds is 8. The Hall–Kier alpha value is -2.10. The standard InChI is InChI=1S/C10H18N10S2/c11-1-2-20(9(15)16-6-12)3-4-21-5-7-17-10(22-19-7)18-8(13)14/h1-5,11H2,(H2,15,16)(H4,13,14,17,18,19). The molecular formula is C10H18N10S2. The zero-order valence-corrected chi connectivity index (χ0v) is 13.5. The molecule has 0 aliphatic heterocycles. The van der Waals surface area contributed by atoms with E-state index in [1.54, 1.807) is 22.9 Å². The summed E-state index contributed by atoms with van der Waals surface area (Å²) in [5.41, 5.74) is 16.4. The Morgan fingerprint density at radius 2 is 2.27 bits per heavy atom.